The van der Waals surface area contributed by atoms with Crippen LogP contribution in [0.2, 0.25) is 5.02 Å². The van der Waals surface area contributed by atoms with Gasteiger partial charge >= 0.3 is 0 Å². The summed E-state index contributed by atoms with van der Waals surface area (Å²) in [6, 6.07) is 11.1. The molecule has 0 radical (unpaired) electrons. The number of nitrogens with zero attached hydrogens (tertiary/aromatic N) is 2. The minimum Gasteiger partial charge on any atom is -0.383 e. The topological polar surface area (TPSA) is 62.7 Å². The molecule has 1 aromatic heterocycles. The van der Waals surface area contributed by atoms with Crippen molar-refractivity contribution in [3.05, 3.63) is 46.5 Å². The number of nitrogen functional groups attached to an aromatic ring is 1. The number of hydrogen-bond acceptors (Lipinski definition) is 3. The van der Waals surface area contributed by atoms with Crippen molar-refractivity contribution in [3.8, 4) is 17.3 Å². The Morgan fingerprint density at radius 3 is 2.53 bits per heavy atom. The summed E-state index contributed by atoms with van der Waals surface area (Å²) in [7, 11) is 0. The SMILES string of the molecule is Cc1cc(C#N)c(N)nc1-c1ccc(Cl)cc1. The van der Waals surface area contributed by atoms with Gasteiger partial charge in [0.05, 0.1) is 11.3 Å². The minimum atomic E-state index is 0.253. The van der Waals surface area contributed by atoms with Crippen molar-refractivity contribution in [2.75, 3.05) is 5.73 Å². The molecule has 1 heterocycles. The molecule has 0 aliphatic carbocycles. The summed E-state index contributed by atoms with van der Waals surface area (Å²) in [5.41, 5.74) is 8.74. The molecule has 0 amide bonds. The van der Waals surface area contributed by atoms with Gasteiger partial charge in [0.25, 0.3) is 0 Å². The van der Waals surface area contributed by atoms with E-state index in [9.17, 15) is 0 Å². The van der Waals surface area contributed by atoms with Crippen LogP contribution in [0.1, 0.15) is 11.1 Å². The molecule has 2 rings (SSSR count). The molecule has 0 aliphatic rings. The molecule has 17 heavy (non-hydrogen) atoms. The van der Waals surface area contributed by atoms with Gasteiger partial charge in [0.1, 0.15) is 11.9 Å². The van der Waals surface area contributed by atoms with Crippen LogP contribution >= 0.6 is 11.6 Å². The summed E-state index contributed by atoms with van der Waals surface area (Å²) in [4.78, 5) is 4.26. The lowest BCUT2D eigenvalue weighted by atomic mass is 10.1. The number of anilines is 1. The van der Waals surface area contributed by atoms with Gasteiger partial charge in [-0.3, -0.25) is 0 Å². The zero-order valence-corrected chi connectivity index (χ0v) is 9.99. The van der Waals surface area contributed by atoms with Gasteiger partial charge in [0.15, 0.2) is 0 Å². The van der Waals surface area contributed by atoms with Gasteiger partial charge in [-0.15, -0.1) is 0 Å². The number of aryl methyl sites for hydroxylation is 1. The Morgan fingerprint density at radius 1 is 1.29 bits per heavy atom. The lowest BCUT2D eigenvalue weighted by Gasteiger charge is -2.07. The fourth-order valence-electron chi connectivity index (χ4n) is 1.62. The monoisotopic (exact) mass is 243 g/mol. The lowest BCUT2D eigenvalue weighted by molar-refractivity contribution is 1.26. The smallest absolute Gasteiger partial charge is 0.142 e. The van der Waals surface area contributed by atoms with Gasteiger partial charge in [0.2, 0.25) is 0 Å². The van der Waals surface area contributed by atoms with E-state index < -0.39 is 0 Å². The highest BCUT2D eigenvalue weighted by atomic mass is 35.5. The fraction of sp³-hybridized carbons (Fsp3) is 0.0769. The Hall–Kier alpha value is -2.05. The number of benzene rings is 1. The molecule has 0 unspecified atom stereocenters. The number of nitriles is 1. The van der Waals surface area contributed by atoms with E-state index in [1.54, 1.807) is 18.2 Å². The largest absolute Gasteiger partial charge is 0.383 e. The second-order valence-corrected chi connectivity index (χ2v) is 4.14. The van der Waals surface area contributed by atoms with Crippen LogP contribution in [0.15, 0.2) is 30.3 Å². The van der Waals surface area contributed by atoms with Crippen LogP contribution in [-0.2, 0) is 0 Å². The molecular formula is C13H10ClN3. The maximum Gasteiger partial charge on any atom is 0.142 e. The normalized spacial score (nSPS) is 9.94. The predicted octanol–water partition coefficient (Wildman–Crippen LogP) is 3.16. The number of rotatable bonds is 1. The molecule has 84 valence electrons. The first-order chi connectivity index (χ1) is 8.11. The quantitative estimate of drug-likeness (QED) is 0.837. The van der Waals surface area contributed by atoms with Crippen LogP contribution in [0.25, 0.3) is 11.3 Å². The van der Waals surface area contributed by atoms with E-state index in [-0.39, 0.29) is 5.82 Å². The van der Waals surface area contributed by atoms with Crippen molar-refractivity contribution < 1.29 is 0 Å². The number of nitrogens with two attached hydrogens (primary N) is 1. The van der Waals surface area contributed by atoms with Gasteiger partial charge in [-0.25, -0.2) is 4.98 Å². The second kappa shape index (κ2) is 4.44. The third-order valence-corrected chi connectivity index (χ3v) is 2.73. The Kier molecular flexibility index (Phi) is 2.99. The average molecular weight is 244 g/mol. The van der Waals surface area contributed by atoms with Crippen LogP contribution in [0.4, 0.5) is 5.82 Å². The number of pyridine rings is 1. The van der Waals surface area contributed by atoms with E-state index in [2.05, 4.69) is 4.98 Å². The van der Waals surface area contributed by atoms with Crippen molar-refractivity contribution >= 4 is 17.4 Å². The van der Waals surface area contributed by atoms with Gasteiger partial charge in [-0.1, -0.05) is 23.7 Å². The minimum absolute atomic E-state index is 0.253. The highest BCUT2D eigenvalue weighted by Gasteiger charge is 2.08. The van der Waals surface area contributed by atoms with Crippen LogP contribution < -0.4 is 5.73 Å². The molecule has 3 nitrogen and oxygen atoms in total. The predicted molar refractivity (Wildman–Crippen MR) is 68.5 cm³/mol. The van der Waals surface area contributed by atoms with Gasteiger partial charge < -0.3 is 5.73 Å². The molecule has 0 aliphatic heterocycles. The molecule has 4 heteroatoms. The van der Waals surface area contributed by atoms with E-state index in [1.807, 2.05) is 25.1 Å². The highest BCUT2D eigenvalue weighted by molar-refractivity contribution is 6.30. The van der Waals surface area contributed by atoms with Crippen molar-refractivity contribution in [2.24, 2.45) is 0 Å². The Morgan fingerprint density at radius 2 is 1.94 bits per heavy atom. The van der Waals surface area contributed by atoms with Crippen molar-refractivity contribution in [1.82, 2.24) is 4.98 Å². The highest BCUT2D eigenvalue weighted by Crippen LogP contribution is 2.25. The first kappa shape index (κ1) is 11.4. The number of aromatic nitrogens is 1. The number of halogens is 1. The zero-order valence-electron chi connectivity index (χ0n) is 9.24. The third-order valence-electron chi connectivity index (χ3n) is 2.48. The van der Waals surface area contributed by atoms with Crippen LogP contribution in [0.5, 0.6) is 0 Å². The van der Waals surface area contributed by atoms with E-state index in [0.29, 0.717) is 10.6 Å². The summed E-state index contributed by atoms with van der Waals surface area (Å²) >= 11 is 5.83. The number of hydrogen-bond donors (Lipinski definition) is 1. The summed E-state index contributed by atoms with van der Waals surface area (Å²) in [6.07, 6.45) is 0. The molecule has 0 saturated heterocycles. The zero-order chi connectivity index (χ0) is 12.4. The lowest BCUT2D eigenvalue weighted by Crippen LogP contribution is -1.98. The molecule has 2 aromatic rings. The van der Waals surface area contributed by atoms with E-state index in [4.69, 9.17) is 22.6 Å². The molecule has 0 fully saturated rings. The average Bonchev–Trinajstić information content (AvgIpc) is 2.33. The van der Waals surface area contributed by atoms with Gasteiger partial charge in [-0.2, -0.15) is 5.26 Å². The van der Waals surface area contributed by atoms with Crippen LogP contribution in [0.3, 0.4) is 0 Å². The molecule has 0 spiro atoms. The molecule has 2 N–H and O–H groups in total. The molecule has 1 aromatic carbocycles. The molecular weight excluding hydrogens is 234 g/mol. The van der Waals surface area contributed by atoms with Crippen LogP contribution in [-0.4, -0.2) is 4.98 Å². The Labute approximate surface area is 104 Å². The summed E-state index contributed by atoms with van der Waals surface area (Å²) in [6.45, 7) is 1.90. The fourth-order valence-corrected chi connectivity index (χ4v) is 1.74. The third kappa shape index (κ3) is 2.22. The van der Waals surface area contributed by atoms with Gasteiger partial charge in [-0.05, 0) is 30.7 Å². The van der Waals surface area contributed by atoms with E-state index >= 15 is 0 Å². The standard InChI is InChI=1S/C13H10ClN3/c1-8-6-10(7-15)13(16)17-12(8)9-2-4-11(14)5-3-9/h2-6H,1H3,(H2,16,17). The van der Waals surface area contributed by atoms with Gasteiger partial charge in [0, 0.05) is 10.6 Å². The molecule has 0 saturated carbocycles. The summed E-state index contributed by atoms with van der Waals surface area (Å²) in [5, 5.41) is 9.53. The van der Waals surface area contributed by atoms with Crippen molar-refractivity contribution in [2.45, 2.75) is 6.92 Å². The van der Waals surface area contributed by atoms with E-state index in [1.165, 1.54) is 0 Å². The van der Waals surface area contributed by atoms with Crippen LogP contribution in [0, 0.1) is 18.3 Å². The summed E-state index contributed by atoms with van der Waals surface area (Å²) in [5.74, 6) is 0.253. The maximum atomic E-state index is 8.85. The van der Waals surface area contributed by atoms with Crippen molar-refractivity contribution in [3.63, 3.8) is 0 Å². The van der Waals surface area contributed by atoms with E-state index in [0.717, 1.165) is 16.8 Å². The first-order valence-corrected chi connectivity index (χ1v) is 5.43. The van der Waals surface area contributed by atoms with Crippen molar-refractivity contribution in [1.29, 1.82) is 5.26 Å². The Bertz CT molecular complexity index is 597. The summed E-state index contributed by atoms with van der Waals surface area (Å²) < 4.78 is 0. The first-order valence-electron chi connectivity index (χ1n) is 5.05. The second-order valence-electron chi connectivity index (χ2n) is 3.71. The molecule has 0 bridgehead atoms. The Balaban J connectivity index is 2.57. The maximum absolute atomic E-state index is 8.85. The molecule has 0 atom stereocenters.